The van der Waals surface area contributed by atoms with Crippen molar-refractivity contribution in [2.45, 2.75) is 233 Å². The summed E-state index contributed by atoms with van der Waals surface area (Å²) in [7, 11) is 6.06. The molecule has 8 aliphatic rings. The van der Waals surface area contributed by atoms with Crippen LogP contribution in [0.3, 0.4) is 0 Å². The molecule has 5 heteroatoms. The highest BCUT2D eigenvalue weighted by atomic mass is 28.3. The number of ether oxygens (including phenoxy) is 4. The van der Waals surface area contributed by atoms with Gasteiger partial charge in [-0.05, 0) is 210 Å². The molecule has 3 aromatic rings. The fraction of sp³-hybridized carbons (Fsp3) is 0.623. The lowest BCUT2D eigenvalue weighted by molar-refractivity contribution is 0.0943. The van der Waals surface area contributed by atoms with Crippen LogP contribution in [0.25, 0.3) is 0 Å². The van der Waals surface area contributed by atoms with E-state index in [0.717, 1.165) is 31.4 Å². The second kappa shape index (κ2) is 21.4. The standard InChI is InChI=1S/C25H38O2Si.2C22H30O/c1-8-21-22(13-12-18-10-9-11-19(14-18)26-3)23-15-20(27-4)16-25(23,2)17-24(21)28(5,6)7;2*1-5-22-11-10-21(3)14-17(23-4)13-20(21)19(22)9-7-16-12-15(2)6-8-18(16)22/h9-11,14,20H,8,12-13,15-17H2,1-7H3;2*6,8,12,17H,5,7,9-11,13-14H2,1-4H3/t20-,25+;17-,21-,22+;17-,21-,22-/m111/s1. The first-order valence-corrected chi connectivity index (χ1v) is 33.1. The van der Waals surface area contributed by atoms with Gasteiger partial charge in [-0.3, -0.25) is 0 Å². The lowest BCUT2D eigenvalue weighted by atomic mass is 9.54. The van der Waals surface area contributed by atoms with Gasteiger partial charge in [-0.2, -0.15) is 0 Å². The van der Waals surface area contributed by atoms with Crippen LogP contribution in [0.5, 0.6) is 5.75 Å². The van der Waals surface area contributed by atoms with Gasteiger partial charge in [0.2, 0.25) is 0 Å². The summed E-state index contributed by atoms with van der Waals surface area (Å²) >= 11 is 0. The Labute approximate surface area is 451 Å². The molecule has 3 aromatic carbocycles. The van der Waals surface area contributed by atoms with Gasteiger partial charge < -0.3 is 18.9 Å². The predicted octanol–water partition coefficient (Wildman–Crippen LogP) is 17.7. The molecule has 0 bridgehead atoms. The summed E-state index contributed by atoms with van der Waals surface area (Å²) in [5, 5.41) is 1.80. The van der Waals surface area contributed by atoms with Crippen LogP contribution in [0.2, 0.25) is 19.6 Å². The molecule has 3 saturated carbocycles. The van der Waals surface area contributed by atoms with E-state index in [1.165, 1.54) is 119 Å². The van der Waals surface area contributed by atoms with Crippen molar-refractivity contribution in [1.29, 1.82) is 0 Å². The minimum absolute atomic E-state index is 0.290. The zero-order chi connectivity index (χ0) is 53.0. The Balaban J connectivity index is 0.000000137. The lowest BCUT2D eigenvalue weighted by Gasteiger charge is -2.49. The Kier molecular flexibility index (Phi) is 16.0. The molecule has 402 valence electrons. The molecule has 4 nitrogen and oxygen atoms in total. The average molecular weight is 1020 g/mol. The molecule has 0 aliphatic heterocycles. The summed E-state index contributed by atoms with van der Waals surface area (Å²) in [5.41, 5.74) is 24.6. The van der Waals surface area contributed by atoms with E-state index in [4.69, 9.17) is 18.9 Å². The molecule has 0 saturated heterocycles. The van der Waals surface area contributed by atoms with Crippen LogP contribution in [0.1, 0.15) is 190 Å². The Morgan fingerprint density at radius 2 is 1.01 bits per heavy atom. The molecule has 0 radical (unpaired) electrons. The van der Waals surface area contributed by atoms with Crippen LogP contribution < -0.4 is 4.74 Å². The second-order valence-corrected chi connectivity index (χ2v) is 31.7. The molecule has 74 heavy (non-hydrogen) atoms. The highest BCUT2D eigenvalue weighted by molar-refractivity contribution is 6.83. The van der Waals surface area contributed by atoms with Gasteiger partial charge in [0.1, 0.15) is 5.75 Å². The van der Waals surface area contributed by atoms with Crippen molar-refractivity contribution in [3.05, 3.63) is 144 Å². The molecular weight excluding hydrogens is 921 g/mol. The van der Waals surface area contributed by atoms with Crippen molar-refractivity contribution in [3.63, 3.8) is 0 Å². The van der Waals surface area contributed by atoms with Crippen LogP contribution in [0.15, 0.2) is 105 Å². The van der Waals surface area contributed by atoms with E-state index >= 15 is 0 Å². The first kappa shape index (κ1) is 55.3. The van der Waals surface area contributed by atoms with E-state index < -0.39 is 8.07 Å². The highest BCUT2D eigenvalue weighted by Crippen LogP contribution is 2.63. The molecule has 3 fully saturated rings. The number of methoxy groups -OCH3 is 4. The Morgan fingerprint density at radius 3 is 1.46 bits per heavy atom. The molecule has 11 rings (SSSR count). The van der Waals surface area contributed by atoms with Crippen molar-refractivity contribution in [1.82, 2.24) is 0 Å². The fourth-order valence-electron chi connectivity index (χ4n) is 17.3. The topological polar surface area (TPSA) is 36.9 Å². The van der Waals surface area contributed by atoms with E-state index in [0.29, 0.717) is 45.4 Å². The van der Waals surface area contributed by atoms with Crippen molar-refractivity contribution >= 4 is 8.07 Å². The minimum atomic E-state index is -1.36. The molecule has 0 unspecified atom stereocenters. The van der Waals surface area contributed by atoms with Gasteiger partial charge in [0, 0.05) is 32.2 Å². The van der Waals surface area contributed by atoms with Crippen molar-refractivity contribution < 1.29 is 18.9 Å². The number of rotatable bonds is 11. The number of hydrogen-bond donors (Lipinski definition) is 0. The molecule has 0 N–H and O–H groups in total. The predicted molar refractivity (Wildman–Crippen MR) is 313 cm³/mol. The second-order valence-electron chi connectivity index (χ2n) is 26.6. The molecular formula is C69H98O4Si. The summed E-state index contributed by atoms with van der Waals surface area (Å²) in [6.45, 7) is 26.7. The summed E-state index contributed by atoms with van der Waals surface area (Å²) in [6, 6.07) is 23.0. The van der Waals surface area contributed by atoms with Crippen LogP contribution in [-0.4, -0.2) is 54.8 Å². The van der Waals surface area contributed by atoms with Gasteiger partial charge in [-0.15, -0.1) is 0 Å². The molecule has 0 aromatic heterocycles. The van der Waals surface area contributed by atoms with E-state index in [9.17, 15) is 0 Å². The Hall–Kier alpha value is -3.48. The number of allylic oxidation sites excluding steroid dienone is 5. The Bertz CT molecular complexity index is 2590. The summed E-state index contributed by atoms with van der Waals surface area (Å²) in [4.78, 5) is 0. The molecule has 0 amide bonds. The maximum atomic E-state index is 5.84. The smallest absolute Gasteiger partial charge is 0.119 e. The minimum Gasteiger partial charge on any atom is -0.497 e. The largest absolute Gasteiger partial charge is 0.497 e. The zero-order valence-corrected chi connectivity index (χ0v) is 50.3. The molecule has 8 atom stereocenters. The summed E-state index contributed by atoms with van der Waals surface area (Å²) < 4.78 is 22.8. The maximum Gasteiger partial charge on any atom is 0.119 e. The van der Waals surface area contributed by atoms with E-state index in [2.05, 4.69) is 130 Å². The maximum absolute atomic E-state index is 5.84. The average Bonchev–Trinajstić information content (AvgIpc) is 4.06. The lowest BCUT2D eigenvalue weighted by Crippen LogP contribution is -2.40. The SMILES string of the molecule is CCC1=C([Si](C)(C)C)C[C@]2(C)C[C@H](OC)CC2=C1CCc1cccc(OC)c1.CC[C@@]12CC[C@]3(C)C[C@H](OC)CC3=C1CCc1cc(C)ccc12.CC[C@]12CC[C@]3(C)C[C@H](OC)CC3=C1CCc1cc(C)ccc12. The van der Waals surface area contributed by atoms with Gasteiger partial charge >= 0.3 is 0 Å². The fourth-order valence-corrected chi connectivity index (χ4v) is 19.4. The van der Waals surface area contributed by atoms with Crippen molar-refractivity contribution in [3.8, 4) is 5.75 Å². The molecule has 0 heterocycles. The molecule has 8 aliphatic carbocycles. The van der Waals surface area contributed by atoms with Crippen LogP contribution in [0.4, 0.5) is 0 Å². The third-order valence-electron chi connectivity index (χ3n) is 21.4. The monoisotopic (exact) mass is 1020 g/mol. The van der Waals surface area contributed by atoms with Gasteiger partial charge in [0.25, 0.3) is 0 Å². The number of hydrogen-bond acceptors (Lipinski definition) is 4. The third-order valence-corrected chi connectivity index (χ3v) is 23.7. The van der Waals surface area contributed by atoms with Gasteiger partial charge in [0.05, 0.1) is 33.5 Å². The zero-order valence-electron chi connectivity index (χ0n) is 49.3. The quantitative estimate of drug-likeness (QED) is 0.142. The highest BCUT2D eigenvalue weighted by Gasteiger charge is 2.54. The first-order chi connectivity index (χ1) is 35.3. The van der Waals surface area contributed by atoms with E-state index in [1.807, 2.05) is 27.4 Å². The van der Waals surface area contributed by atoms with Gasteiger partial charge in [0.15, 0.2) is 0 Å². The van der Waals surface area contributed by atoms with Gasteiger partial charge in [-0.1, -0.05) is 154 Å². The summed E-state index contributed by atoms with van der Waals surface area (Å²) in [6.07, 6.45) is 25.7. The summed E-state index contributed by atoms with van der Waals surface area (Å²) in [5.74, 6) is 0.956. The van der Waals surface area contributed by atoms with Crippen molar-refractivity contribution in [2.24, 2.45) is 16.2 Å². The van der Waals surface area contributed by atoms with E-state index in [1.54, 1.807) is 73.6 Å². The van der Waals surface area contributed by atoms with Crippen molar-refractivity contribution in [2.75, 3.05) is 28.4 Å². The number of aryl methyl sites for hydroxylation is 5. The first-order valence-electron chi connectivity index (χ1n) is 29.6. The molecule has 0 spiro atoms. The van der Waals surface area contributed by atoms with Gasteiger partial charge in [-0.25, -0.2) is 0 Å². The van der Waals surface area contributed by atoms with Crippen LogP contribution in [0, 0.1) is 30.1 Å². The van der Waals surface area contributed by atoms with Crippen LogP contribution >= 0.6 is 0 Å². The normalized spacial score (nSPS) is 31.8. The Morgan fingerprint density at radius 1 is 0.527 bits per heavy atom. The van der Waals surface area contributed by atoms with E-state index in [-0.39, 0.29) is 0 Å². The number of benzene rings is 3. The third kappa shape index (κ3) is 9.91. The van der Waals surface area contributed by atoms with Crippen LogP contribution in [-0.2, 0) is 44.3 Å². The number of fused-ring (bicyclic) bond motifs is 9.